The van der Waals surface area contributed by atoms with Crippen LogP contribution in [0.25, 0.3) is 0 Å². The van der Waals surface area contributed by atoms with Crippen LogP contribution in [0.15, 0.2) is 77.9 Å². The third-order valence-electron chi connectivity index (χ3n) is 4.01. The van der Waals surface area contributed by atoms with Gasteiger partial charge in [-0.3, -0.25) is 4.79 Å². The molecular weight excluding hydrogens is 379 g/mol. The lowest BCUT2D eigenvalue weighted by atomic mass is 10.0. The maximum atomic E-state index is 12.0. The largest absolute Gasteiger partial charge is 0.273 e. The maximum absolute atomic E-state index is 12.0. The molecule has 0 aliphatic rings. The average Bonchev–Trinajstić information content (AvgIpc) is 2.66. The van der Waals surface area contributed by atoms with E-state index in [2.05, 4.69) is 5.10 Å². The van der Waals surface area contributed by atoms with Crippen LogP contribution in [-0.2, 0) is 11.2 Å². The Morgan fingerprint density at radius 2 is 1.70 bits per heavy atom. The summed E-state index contributed by atoms with van der Waals surface area (Å²) >= 11 is 12.4. The molecule has 0 heterocycles. The van der Waals surface area contributed by atoms with Crippen LogP contribution in [0.3, 0.4) is 0 Å². The first kappa shape index (κ1) is 19.2. The normalized spacial score (nSPS) is 10.9. The Morgan fingerprint density at radius 1 is 1.00 bits per heavy atom. The van der Waals surface area contributed by atoms with Crippen molar-refractivity contribution in [2.45, 2.75) is 13.3 Å². The van der Waals surface area contributed by atoms with Gasteiger partial charge in [-0.05, 0) is 47.4 Å². The van der Waals surface area contributed by atoms with E-state index in [1.165, 1.54) is 11.9 Å². The molecule has 0 aromatic heterocycles. The van der Waals surface area contributed by atoms with Gasteiger partial charge in [-0.25, -0.2) is 5.01 Å². The van der Waals surface area contributed by atoms with Gasteiger partial charge in [0, 0.05) is 17.0 Å². The van der Waals surface area contributed by atoms with E-state index in [0.717, 1.165) is 16.7 Å². The van der Waals surface area contributed by atoms with Gasteiger partial charge in [0.05, 0.1) is 11.9 Å². The molecule has 136 valence electrons. The summed E-state index contributed by atoms with van der Waals surface area (Å²) in [6.07, 6.45) is 2.33. The number of benzene rings is 3. The van der Waals surface area contributed by atoms with Crippen molar-refractivity contribution < 1.29 is 4.79 Å². The Hall–Kier alpha value is -2.62. The highest BCUT2D eigenvalue weighted by Crippen LogP contribution is 2.26. The predicted octanol–water partition coefficient (Wildman–Crippen LogP) is 5.97. The van der Waals surface area contributed by atoms with Crippen molar-refractivity contribution in [2.24, 2.45) is 5.10 Å². The van der Waals surface area contributed by atoms with E-state index < -0.39 is 0 Å². The highest BCUT2D eigenvalue weighted by molar-refractivity contribution is 6.31. The van der Waals surface area contributed by atoms with Gasteiger partial charge in [0.2, 0.25) is 5.91 Å². The van der Waals surface area contributed by atoms with E-state index in [0.29, 0.717) is 22.2 Å². The summed E-state index contributed by atoms with van der Waals surface area (Å²) in [5, 5.41) is 6.94. The lowest BCUT2D eigenvalue weighted by Gasteiger charge is -2.16. The molecule has 0 radical (unpaired) electrons. The Morgan fingerprint density at radius 3 is 2.33 bits per heavy atom. The van der Waals surface area contributed by atoms with Gasteiger partial charge in [0.25, 0.3) is 0 Å². The minimum atomic E-state index is -0.191. The number of hydrogen-bond donors (Lipinski definition) is 0. The summed E-state index contributed by atoms with van der Waals surface area (Å²) in [6.45, 7) is 1.47. The van der Waals surface area contributed by atoms with Gasteiger partial charge in [0.15, 0.2) is 0 Å². The second-order valence-electron chi connectivity index (χ2n) is 6.07. The van der Waals surface area contributed by atoms with Crippen LogP contribution in [0.1, 0.15) is 23.6 Å². The molecule has 3 nitrogen and oxygen atoms in total. The lowest BCUT2D eigenvalue weighted by Crippen LogP contribution is -2.22. The smallest absolute Gasteiger partial charge is 0.244 e. The topological polar surface area (TPSA) is 32.7 Å². The molecule has 0 aliphatic carbocycles. The van der Waals surface area contributed by atoms with E-state index >= 15 is 0 Å². The number of anilines is 1. The molecule has 27 heavy (non-hydrogen) atoms. The van der Waals surface area contributed by atoms with Crippen molar-refractivity contribution >= 4 is 41.0 Å². The zero-order chi connectivity index (χ0) is 19.2. The van der Waals surface area contributed by atoms with Gasteiger partial charge >= 0.3 is 0 Å². The van der Waals surface area contributed by atoms with E-state index in [9.17, 15) is 4.79 Å². The molecule has 0 spiro atoms. The second kappa shape index (κ2) is 8.85. The molecule has 0 saturated carbocycles. The Balaban J connectivity index is 1.82. The van der Waals surface area contributed by atoms with Crippen LogP contribution in [0.2, 0.25) is 10.0 Å². The number of nitrogens with zero attached hydrogens (tertiary/aromatic N) is 2. The molecule has 5 heteroatoms. The fourth-order valence-corrected chi connectivity index (χ4v) is 2.99. The summed E-state index contributed by atoms with van der Waals surface area (Å²) in [5.74, 6) is -0.191. The molecule has 0 N–H and O–H groups in total. The van der Waals surface area contributed by atoms with E-state index in [4.69, 9.17) is 23.2 Å². The van der Waals surface area contributed by atoms with Crippen molar-refractivity contribution in [1.82, 2.24) is 0 Å². The fraction of sp³-hybridized carbons (Fsp3) is 0.0909. The van der Waals surface area contributed by atoms with Gasteiger partial charge in [0.1, 0.15) is 0 Å². The monoisotopic (exact) mass is 396 g/mol. The van der Waals surface area contributed by atoms with Crippen LogP contribution in [0, 0.1) is 0 Å². The molecule has 3 rings (SSSR count). The van der Waals surface area contributed by atoms with Gasteiger partial charge < -0.3 is 0 Å². The number of hydrazone groups is 1. The molecule has 0 atom stereocenters. The van der Waals surface area contributed by atoms with Gasteiger partial charge in [-0.2, -0.15) is 5.10 Å². The van der Waals surface area contributed by atoms with Crippen LogP contribution < -0.4 is 5.01 Å². The third kappa shape index (κ3) is 5.19. The highest BCUT2D eigenvalue weighted by Gasteiger charge is 2.12. The van der Waals surface area contributed by atoms with Crippen molar-refractivity contribution in [1.29, 1.82) is 0 Å². The third-order valence-corrected chi connectivity index (χ3v) is 4.61. The van der Waals surface area contributed by atoms with Crippen molar-refractivity contribution in [2.75, 3.05) is 5.01 Å². The number of halogens is 2. The van der Waals surface area contributed by atoms with Crippen LogP contribution >= 0.6 is 23.2 Å². The zero-order valence-electron chi connectivity index (χ0n) is 14.8. The fourth-order valence-electron chi connectivity index (χ4n) is 2.63. The van der Waals surface area contributed by atoms with Crippen LogP contribution in [0.5, 0.6) is 0 Å². The summed E-state index contributed by atoms with van der Waals surface area (Å²) < 4.78 is 0. The standard InChI is InChI=1S/C22H18Cl2N2O/c1-16(27)26(25-15-18-5-3-2-4-6-18)21-12-9-19(22(24)14-21)13-17-7-10-20(23)11-8-17/h2-12,14-15H,13H2,1H3. The second-order valence-corrected chi connectivity index (χ2v) is 6.91. The lowest BCUT2D eigenvalue weighted by molar-refractivity contribution is -0.116. The summed E-state index contributed by atoms with van der Waals surface area (Å²) in [4.78, 5) is 12.0. The minimum absolute atomic E-state index is 0.191. The van der Waals surface area contributed by atoms with E-state index in [-0.39, 0.29) is 5.91 Å². The molecule has 0 saturated heterocycles. The minimum Gasteiger partial charge on any atom is -0.273 e. The molecule has 0 unspecified atom stereocenters. The quantitative estimate of drug-likeness (QED) is 0.386. The first-order valence-corrected chi connectivity index (χ1v) is 9.21. The first-order chi connectivity index (χ1) is 13.0. The van der Waals surface area contributed by atoms with Crippen LogP contribution in [0.4, 0.5) is 5.69 Å². The van der Waals surface area contributed by atoms with Crippen molar-refractivity contribution in [3.63, 3.8) is 0 Å². The summed E-state index contributed by atoms with van der Waals surface area (Å²) in [5.41, 5.74) is 3.62. The summed E-state index contributed by atoms with van der Waals surface area (Å²) in [7, 11) is 0. The van der Waals surface area contributed by atoms with Crippen molar-refractivity contribution in [3.8, 4) is 0 Å². The average molecular weight is 397 g/mol. The number of rotatable bonds is 5. The SMILES string of the molecule is CC(=O)N(N=Cc1ccccc1)c1ccc(Cc2ccc(Cl)cc2)c(Cl)c1. The molecule has 1 amide bonds. The van der Waals surface area contributed by atoms with Crippen LogP contribution in [-0.4, -0.2) is 12.1 Å². The number of amides is 1. The Bertz CT molecular complexity index is 954. The van der Waals surface area contributed by atoms with Gasteiger partial charge in [-0.1, -0.05) is 71.7 Å². The molecule has 0 bridgehead atoms. The predicted molar refractivity (Wildman–Crippen MR) is 113 cm³/mol. The van der Waals surface area contributed by atoms with Gasteiger partial charge in [-0.15, -0.1) is 0 Å². The highest BCUT2D eigenvalue weighted by atomic mass is 35.5. The maximum Gasteiger partial charge on any atom is 0.244 e. The molecule has 0 aliphatic heterocycles. The Kier molecular flexibility index (Phi) is 6.28. The van der Waals surface area contributed by atoms with Crippen molar-refractivity contribution in [3.05, 3.63) is 99.5 Å². The summed E-state index contributed by atoms with van der Waals surface area (Å²) in [6, 6.07) is 22.8. The number of carbonyl (C=O) groups is 1. The number of hydrogen-bond acceptors (Lipinski definition) is 2. The Labute approximate surface area is 168 Å². The number of carbonyl (C=O) groups excluding carboxylic acids is 1. The van der Waals surface area contributed by atoms with E-state index in [1.54, 1.807) is 12.3 Å². The molecule has 3 aromatic carbocycles. The first-order valence-electron chi connectivity index (χ1n) is 8.45. The molecule has 0 fully saturated rings. The molecule has 3 aromatic rings. The zero-order valence-corrected chi connectivity index (χ0v) is 16.3. The van der Waals surface area contributed by atoms with E-state index in [1.807, 2.05) is 66.7 Å². The molecular formula is C22H18Cl2N2O.